The molecule has 3 amide bonds. The summed E-state index contributed by atoms with van der Waals surface area (Å²) in [6, 6.07) is 22.0. The molecule has 2 saturated heterocycles. The predicted octanol–water partition coefficient (Wildman–Crippen LogP) is 9.81. The fraction of sp³-hybridized carbons (Fsp3) is 0.492. The van der Waals surface area contributed by atoms with Crippen LogP contribution in [0.4, 0.5) is 5.69 Å². The summed E-state index contributed by atoms with van der Waals surface area (Å²) in [6.45, 7) is 25.8. The van der Waals surface area contributed by atoms with Crippen LogP contribution in [0.15, 0.2) is 89.3 Å². The number of hydrogen-bond donors (Lipinski definition) is 5. The Balaban J connectivity index is 0.874. The van der Waals surface area contributed by atoms with Crippen molar-refractivity contribution in [3.8, 4) is 21.6 Å². The Morgan fingerprint density at radius 1 is 0.947 bits per heavy atom. The number of thiazole rings is 1. The summed E-state index contributed by atoms with van der Waals surface area (Å²) in [5.74, 6) is -0.640. The maximum absolute atomic E-state index is 14.3. The van der Waals surface area contributed by atoms with Crippen LogP contribution in [0.25, 0.3) is 21.6 Å². The van der Waals surface area contributed by atoms with Gasteiger partial charge in [-0.15, -0.1) is 11.3 Å². The number of carbonyl (C=O) groups excluding carboxylic acids is 3. The van der Waals surface area contributed by atoms with E-state index in [9.17, 15) is 24.3 Å². The molecule has 0 aliphatic carbocycles. The van der Waals surface area contributed by atoms with Gasteiger partial charge in [0.05, 0.1) is 28.2 Å². The van der Waals surface area contributed by atoms with E-state index >= 15 is 0 Å². The number of H-pyrrole nitrogens is 1. The van der Waals surface area contributed by atoms with Crippen molar-refractivity contribution >= 4 is 34.7 Å². The highest BCUT2D eigenvalue weighted by Gasteiger charge is 2.43. The Kier molecular flexibility index (Phi) is 19.9. The molecule has 0 bridgehead atoms. The number of pyridine rings is 1. The number of amides is 3. The number of nitrogens with zero attached hydrogens (tertiary/aromatic N) is 3. The van der Waals surface area contributed by atoms with Crippen LogP contribution in [0.5, 0.6) is 0 Å². The van der Waals surface area contributed by atoms with Gasteiger partial charge in [-0.05, 0) is 143 Å². The molecule has 5 N–H and O–H groups in total. The Morgan fingerprint density at radius 3 is 2.30 bits per heavy atom. The minimum atomic E-state index is -0.786. The highest BCUT2D eigenvalue weighted by molar-refractivity contribution is 7.13. The number of aromatic nitrogens is 2. The normalized spacial score (nSPS) is 16.8. The zero-order chi connectivity index (χ0) is 54.7. The molecule has 76 heavy (non-hydrogen) atoms. The van der Waals surface area contributed by atoms with Crippen LogP contribution in [0.3, 0.4) is 0 Å². The number of aliphatic hydroxyl groups is 1. The first-order chi connectivity index (χ1) is 36.3. The van der Waals surface area contributed by atoms with Crippen LogP contribution in [0.1, 0.15) is 135 Å². The van der Waals surface area contributed by atoms with Crippen LogP contribution in [-0.4, -0.2) is 101 Å². The summed E-state index contributed by atoms with van der Waals surface area (Å²) in [5, 5.41) is 20.4. The van der Waals surface area contributed by atoms with Crippen LogP contribution in [0.2, 0.25) is 0 Å². The molecule has 2 fully saturated rings. The Bertz CT molecular complexity index is 2850. The van der Waals surface area contributed by atoms with E-state index < -0.39 is 23.6 Å². The number of β-amino-alcohol motifs (C(OH)–C–C–N with tert-alkyl or cyclic N) is 1. The van der Waals surface area contributed by atoms with E-state index in [4.69, 9.17) is 9.47 Å². The van der Waals surface area contributed by atoms with E-state index in [1.54, 1.807) is 16.2 Å². The molecule has 5 aromatic rings. The number of nitrogens with one attached hydrogen (secondary N) is 4. The Hall–Kier alpha value is -6.13. The van der Waals surface area contributed by atoms with E-state index in [-0.39, 0.29) is 48.8 Å². The topological polar surface area (TPSA) is 178 Å². The van der Waals surface area contributed by atoms with Crippen molar-refractivity contribution in [3.63, 3.8) is 0 Å². The van der Waals surface area contributed by atoms with Gasteiger partial charge in [-0.3, -0.25) is 19.2 Å². The highest BCUT2D eigenvalue weighted by Crippen LogP contribution is 2.35. The van der Waals surface area contributed by atoms with E-state index in [1.165, 1.54) is 5.56 Å². The molecule has 0 saturated carbocycles. The molecule has 0 radical (unpaired) electrons. The minimum Gasteiger partial charge on any atom is -0.391 e. The van der Waals surface area contributed by atoms with Gasteiger partial charge in [0.15, 0.2) is 0 Å². The summed E-state index contributed by atoms with van der Waals surface area (Å²) in [7, 11) is 0. The number of aliphatic hydroxyl groups excluding tert-OH is 1. The van der Waals surface area contributed by atoms with Crippen molar-refractivity contribution < 1.29 is 29.0 Å². The third-order valence-electron chi connectivity index (χ3n) is 15.0. The minimum absolute atomic E-state index is 0.0888. The number of rotatable bonds is 23. The molecular formula is C61H81N7O7S. The van der Waals surface area contributed by atoms with Crippen LogP contribution >= 0.6 is 11.3 Å². The molecule has 7 rings (SSSR count). The number of benzene rings is 3. The molecule has 3 aromatic carbocycles. The summed E-state index contributed by atoms with van der Waals surface area (Å²) in [6.07, 6.45) is 4.76. The third-order valence-corrected chi connectivity index (χ3v) is 16.0. The average Bonchev–Trinajstić information content (AvgIpc) is 4.03. The quantitative estimate of drug-likeness (QED) is 0.0396. The SMILES string of the molecule is C=C(N[C@@H](C)c1ccc(-c2scnc2C)cc1)[C@@H]1C[C@@H](O)CN1C(=O)[C@@H](NC(=O)CCCCOCCCc1ccc(-c2cc(C(=O)NCc3c(C)cc(C)[nH]c3=O)c(C)c(N(CC)C3CCOCC3)c2)cc1)C(C)(C)C. The Labute approximate surface area is 454 Å². The molecule has 0 spiro atoms. The Morgan fingerprint density at radius 2 is 1.64 bits per heavy atom. The monoisotopic (exact) mass is 1060 g/mol. The zero-order valence-corrected chi connectivity index (χ0v) is 47.1. The van der Waals surface area contributed by atoms with E-state index in [2.05, 4.69) is 106 Å². The standard InChI is InChI=1S/C61H81N7O7S/c1-11-67(49-25-29-75-30-26-49)53-33-48(32-51(40(53)4)58(71)62-35-52-38(2)31-39(3)64-59(52)72)46-19-17-44(18-20-46)15-14-28-74-27-13-12-16-55(70)66-57(61(8,9)10)60(73)68-36-50(69)34-54(68)42(6)65-41(5)45-21-23-47(24-22-45)56-43(7)63-37-76-56/h17-24,31-33,37,41,49-50,54,57,65,69H,6,11-16,25-30,34-36H2,1-5,7-10H3,(H,62,71)(H,64,72)(H,66,70)/t41-,50+,54-,57+/m0/s1. The van der Waals surface area contributed by atoms with Crippen LogP contribution < -0.4 is 26.4 Å². The summed E-state index contributed by atoms with van der Waals surface area (Å²) in [4.78, 5) is 66.9. The van der Waals surface area contributed by atoms with Gasteiger partial charge in [0.2, 0.25) is 11.8 Å². The number of aryl methyl sites for hydroxylation is 4. The smallest absolute Gasteiger partial charge is 0.253 e. The molecule has 408 valence electrons. The second-order valence-corrected chi connectivity index (χ2v) is 22.7. The van der Waals surface area contributed by atoms with Gasteiger partial charge in [0.25, 0.3) is 11.5 Å². The number of likely N-dealkylation sites (tertiary alicyclic amines) is 1. The number of ether oxygens (including phenoxy) is 2. The lowest BCUT2D eigenvalue weighted by atomic mass is 9.85. The van der Waals surface area contributed by atoms with E-state index in [0.29, 0.717) is 68.6 Å². The van der Waals surface area contributed by atoms with Gasteiger partial charge in [0.1, 0.15) is 6.04 Å². The van der Waals surface area contributed by atoms with Crippen molar-refractivity contribution in [2.75, 3.05) is 44.4 Å². The zero-order valence-electron chi connectivity index (χ0n) is 46.3. The van der Waals surface area contributed by atoms with Crippen LogP contribution in [-0.2, 0) is 32.0 Å². The summed E-state index contributed by atoms with van der Waals surface area (Å²) < 4.78 is 11.7. The van der Waals surface area contributed by atoms with Crippen molar-refractivity contribution in [1.82, 2.24) is 30.8 Å². The van der Waals surface area contributed by atoms with Crippen molar-refractivity contribution in [3.05, 3.63) is 140 Å². The van der Waals surface area contributed by atoms with Gasteiger partial charge in [-0.2, -0.15) is 0 Å². The molecule has 15 heteroatoms. The summed E-state index contributed by atoms with van der Waals surface area (Å²) in [5.41, 5.74) is 12.8. The van der Waals surface area contributed by atoms with Gasteiger partial charge in [-0.1, -0.05) is 75.9 Å². The summed E-state index contributed by atoms with van der Waals surface area (Å²) >= 11 is 1.62. The van der Waals surface area contributed by atoms with Gasteiger partial charge >= 0.3 is 0 Å². The lowest BCUT2D eigenvalue weighted by Crippen LogP contribution is -2.56. The first-order valence-electron chi connectivity index (χ1n) is 27.2. The lowest BCUT2D eigenvalue weighted by molar-refractivity contribution is -0.140. The largest absolute Gasteiger partial charge is 0.391 e. The van der Waals surface area contributed by atoms with Gasteiger partial charge < -0.3 is 45.3 Å². The number of anilines is 1. The van der Waals surface area contributed by atoms with Crippen molar-refractivity contribution in [2.45, 2.75) is 150 Å². The first-order valence-corrected chi connectivity index (χ1v) is 28.1. The maximum atomic E-state index is 14.3. The number of hydrogen-bond acceptors (Lipinski definition) is 11. The maximum Gasteiger partial charge on any atom is 0.253 e. The first kappa shape index (κ1) is 57.6. The molecule has 4 atom stereocenters. The molecular weight excluding hydrogens is 975 g/mol. The lowest BCUT2D eigenvalue weighted by Gasteiger charge is -2.37. The molecule has 2 aliphatic heterocycles. The average molecular weight is 1060 g/mol. The highest BCUT2D eigenvalue weighted by atomic mass is 32.1. The number of carbonyl (C=O) groups is 3. The predicted molar refractivity (Wildman–Crippen MR) is 305 cm³/mol. The van der Waals surface area contributed by atoms with Crippen LogP contribution in [0, 0.1) is 33.1 Å². The number of aromatic amines is 1. The van der Waals surface area contributed by atoms with Crippen molar-refractivity contribution in [1.29, 1.82) is 0 Å². The van der Waals surface area contributed by atoms with Gasteiger partial charge in [-0.25, -0.2) is 4.98 Å². The van der Waals surface area contributed by atoms with E-state index in [0.717, 1.165) is 87.6 Å². The van der Waals surface area contributed by atoms with Crippen molar-refractivity contribution in [2.24, 2.45) is 5.41 Å². The molecule has 2 aliphatic rings. The second-order valence-electron chi connectivity index (χ2n) is 21.8. The fourth-order valence-electron chi connectivity index (χ4n) is 10.6. The fourth-order valence-corrected chi connectivity index (χ4v) is 11.4. The molecule has 0 unspecified atom stereocenters. The molecule has 14 nitrogen and oxygen atoms in total. The number of unbranched alkanes of at least 4 members (excludes halogenated alkanes) is 1. The van der Waals surface area contributed by atoms with E-state index in [1.807, 2.05) is 66.1 Å². The second kappa shape index (κ2) is 26.3. The third kappa shape index (κ3) is 14.7. The molecule has 2 aromatic heterocycles. The van der Waals surface area contributed by atoms with Gasteiger partial charge in [0, 0.05) is 99.2 Å². The molecule has 4 heterocycles.